The van der Waals surface area contributed by atoms with Gasteiger partial charge in [-0.3, -0.25) is 9.55 Å². The number of aromatic nitrogens is 4. The van der Waals surface area contributed by atoms with Crippen molar-refractivity contribution in [3.63, 3.8) is 0 Å². The maximum atomic E-state index is 5.42. The minimum absolute atomic E-state index is 0.834. The van der Waals surface area contributed by atoms with Crippen molar-refractivity contribution in [2.75, 3.05) is 0 Å². The maximum Gasteiger partial charge on any atom is 0.156 e. The average molecular weight is 583 g/mol. The number of nitrogens with zero attached hydrogens (tertiary/aromatic N) is 4. The van der Waals surface area contributed by atoms with Crippen molar-refractivity contribution in [2.24, 2.45) is 0 Å². The molecule has 4 nitrogen and oxygen atoms in total. The van der Waals surface area contributed by atoms with Crippen molar-refractivity contribution < 1.29 is 0 Å². The fourth-order valence-corrected chi connectivity index (χ4v) is 8.63. The van der Waals surface area contributed by atoms with E-state index >= 15 is 0 Å². The number of rotatable bonds is 1. The summed E-state index contributed by atoms with van der Waals surface area (Å²) < 4.78 is 4.83. The molecule has 0 fully saturated rings. The van der Waals surface area contributed by atoms with Gasteiger partial charge in [0.1, 0.15) is 0 Å². The van der Waals surface area contributed by atoms with E-state index in [1.807, 2.05) is 6.20 Å². The van der Waals surface area contributed by atoms with Gasteiger partial charge in [-0.05, 0) is 40.4 Å². The van der Waals surface area contributed by atoms with Crippen LogP contribution < -0.4 is 0 Å². The summed E-state index contributed by atoms with van der Waals surface area (Å²) in [5.41, 5.74) is 10.3. The SMILES string of the molecule is c1cc2c3c(cccc3c1)-c1nc(-n3c4ccccc4c4c5c6c7ccccc7ccc6n6c7ccccc7c(cc43)c56)cnc1-2. The molecule has 1 aliphatic carbocycles. The average Bonchev–Trinajstić information content (AvgIpc) is 3.83. The number of benzene rings is 7. The third-order valence-electron chi connectivity index (χ3n) is 10.4. The van der Waals surface area contributed by atoms with Crippen LogP contribution in [0.15, 0.2) is 134 Å². The molecule has 0 bridgehead atoms. The van der Waals surface area contributed by atoms with Crippen LogP contribution in [-0.4, -0.2) is 18.9 Å². The Bertz CT molecular complexity index is 3140. The Balaban J connectivity index is 1.30. The van der Waals surface area contributed by atoms with E-state index in [0.717, 1.165) is 39.4 Å². The molecular formula is C42H22N4. The minimum Gasteiger partial charge on any atom is -0.308 e. The highest BCUT2D eigenvalue weighted by Crippen LogP contribution is 2.49. The first-order chi connectivity index (χ1) is 22.8. The molecule has 4 heterocycles. The van der Waals surface area contributed by atoms with Gasteiger partial charge >= 0.3 is 0 Å². The van der Waals surface area contributed by atoms with Crippen molar-refractivity contribution in [3.8, 4) is 28.3 Å². The molecule has 0 aliphatic heterocycles. The highest BCUT2D eigenvalue weighted by atomic mass is 15.1. The largest absolute Gasteiger partial charge is 0.308 e. The van der Waals surface area contributed by atoms with Crippen LogP contribution in [0.1, 0.15) is 0 Å². The summed E-state index contributed by atoms with van der Waals surface area (Å²) in [6.07, 6.45) is 1.96. The zero-order valence-electron chi connectivity index (χ0n) is 24.5. The molecule has 4 aromatic heterocycles. The van der Waals surface area contributed by atoms with Gasteiger partial charge in [0.25, 0.3) is 0 Å². The highest BCUT2D eigenvalue weighted by Gasteiger charge is 2.27. The molecule has 7 aromatic carbocycles. The molecule has 0 atom stereocenters. The summed E-state index contributed by atoms with van der Waals surface area (Å²) in [7, 11) is 0. The molecule has 46 heavy (non-hydrogen) atoms. The predicted molar refractivity (Wildman–Crippen MR) is 190 cm³/mol. The molecule has 1 aliphatic rings. The maximum absolute atomic E-state index is 5.42. The Morgan fingerprint density at radius 2 is 1.13 bits per heavy atom. The normalized spacial score (nSPS) is 12.8. The van der Waals surface area contributed by atoms with Crippen molar-refractivity contribution in [1.82, 2.24) is 18.9 Å². The van der Waals surface area contributed by atoms with E-state index in [9.17, 15) is 0 Å². The quantitative estimate of drug-likeness (QED) is 0.193. The van der Waals surface area contributed by atoms with Crippen LogP contribution in [0.3, 0.4) is 0 Å². The minimum atomic E-state index is 0.834. The summed E-state index contributed by atoms with van der Waals surface area (Å²) in [5, 5.41) is 12.6. The van der Waals surface area contributed by atoms with Gasteiger partial charge in [0.2, 0.25) is 0 Å². The lowest BCUT2D eigenvalue weighted by molar-refractivity contribution is 1.05. The first kappa shape index (κ1) is 23.2. The van der Waals surface area contributed by atoms with Gasteiger partial charge in [0.05, 0.1) is 45.2 Å². The number of hydrogen-bond acceptors (Lipinski definition) is 2. The van der Waals surface area contributed by atoms with E-state index in [4.69, 9.17) is 9.97 Å². The van der Waals surface area contributed by atoms with E-state index in [-0.39, 0.29) is 0 Å². The predicted octanol–water partition coefficient (Wildman–Crippen LogP) is 10.7. The molecule has 0 saturated carbocycles. The van der Waals surface area contributed by atoms with Gasteiger partial charge in [-0.15, -0.1) is 0 Å². The molecular weight excluding hydrogens is 560 g/mol. The standard InChI is InChI=1S/C42H22N4/c1-2-12-25-23(9-1)19-20-33-37(25)39-38-27-14-4-6-18-32(27)45(34(38)21-30-26-13-3-5-17-31(26)46(33)42(30)39)35-22-43-40-28-15-7-10-24-11-8-16-29(36(24)28)41(40)44-35/h1-22H. The second kappa shape index (κ2) is 7.87. The molecule has 0 radical (unpaired) electrons. The molecule has 0 N–H and O–H groups in total. The van der Waals surface area contributed by atoms with Crippen LogP contribution in [0, 0.1) is 0 Å². The molecule has 0 saturated heterocycles. The highest BCUT2D eigenvalue weighted by molar-refractivity contribution is 6.38. The van der Waals surface area contributed by atoms with Gasteiger partial charge in [0.15, 0.2) is 5.82 Å². The zero-order valence-corrected chi connectivity index (χ0v) is 24.5. The van der Waals surface area contributed by atoms with Crippen LogP contribution in [0.2, 0.25) is 0 Å². The molecule has 4 heteroatoms. The second-order valence-electron chi connectivity index (χ2n) is 12.6. The van der Waals surface area contributed by atoms with Crippen LogP contribution in [-0.2, 0) is 0 Å². The Morgan fingerprint density at radius 3 is 2.00 bits per heavy atom. The zero-order chi connectivity index (χ0) is 29.7. The lowest BCUT2D eigenvalue weighted by Crippen LogP contribution is -2.00. The number of hydrogen-bond donors (Lipinski definition) is 0. The first-order valence-electron chi connectivity index (χ1n) is 15.8. The summed E-state index contributed by atoms with van der Waals surface area (Å²) in [4.78, 5) is 10.5. The van der Waals surface area contributed by atoms with Gasteiger partial charge < -0.3 is 4.40 Å². The van der Waals surface area contributed by atoms with E-state index in [1.165, 1.54) is 70.4 Å². The third kappa shape index (κ3) is 2.57. The van der Waals surface area contributed by atoms with Crippen LogP contribution in [0.4, 0.5) is 0 Å². The van der Waals surface area contributed by atoms with E-state index < -0.39 is 0 Å². The van der Waals surface area contributed by atoms with Gasteiger partial charge in [-0.25, -0.2) is 4.98 Å². The smallest absolute Gasteiger partial charge is 0.156 e. The van der Waals surface area contributed by atoms with Crippen molar-refractivity contribution in [1.29, 1.82) is 0 Å². The summed E-state index contributed by atoms with van der Waals surface area (Å²) in [5.74, 6) is 0.834. The van der Waals surface area contributed by atoms with Crippen molar-refractivity contribution in [3.05, 3.63) is 134 Å². The van der Waals surface area contributed by atoms with Crippen LogP contribution in [0.25, 0.3) is 110 Å². The first-order valence-corrected chi connectivity index (χ1v) is 15.8. The fraction of sp³-hybridized carbons (Fsp3) is 0. The molecule has 210 valence electrons. The lowest BCUT2D eigenvalue weighted by Gasteiger charge is -2.09. The van der Waals surface area contributed by atoms with Crippen LogP contribution in [0.5, 0.6) is 0 Å². The van der Waals surface area contributed by atoms with Gasteiger partial charge in [-0.1, -0.05) is 103 Å². The summed E-state index contributed by atoms with van der Waals surface area (Å²) >= 11 is 0. The topological polar surface area (TPSA) is 35.1 Å². The Kier molecular flexibility index (Phi) is 3.96. The molecule has 0 amide bonds. The molecule has 12 rings (SSSR count). The summed E-state index contributed by atoms with van der Waals surface area (Å²) in [6.45, 7) is 0. The second-order valence-corrected chi connectivity index (χ2v) is 12.6. The molecule has 0 spiro atoms. The monoisotopic (exact) mass is 582 g/mol. The Morgan fingerprint density at radius 1 is 0.435 bits per heavy atom. The van der Waals surface area contributed by atoms with E-state index in [1.54, 1.807) is 0 Å². The van der Waals surface area contributed by atoms with Crippen molar-refractivity contribution >= 4 is 81.4 Å². The van der Waals surface area contributed by atoms with Gasteiger partial charge in [0, 0.05) is 48.8 Å². The van der Waals surface area contributed by atoms with E-state index in [0.29, 0.717) is 0 Å². The van der Waals surface area contributed by atoms with Crippen molar-refractivity contribution in [2.45, 2.75) is 0 Å². The molecule has 0 unspecified atom stereocenters. The number of para-hydroxylation sites is 2. The number of fused-ring (bicyclic) bond motifs is 15. The fourth-order valence-electron chi connectivity index (χ4n) is 8.63. The Labute approximate surface area is 261 Å². The van der Waals surface area contributed by atoms with E-state index in [2.05, 4.69) is 136 Å². The third-order valence-corrected chi connectivity index (χ3v) is 10.4. The summed E-state index contributed by atoms with van der Waals surface area (Å²) in [6, 6.07) is 46.3. The molecule has 11 aromatic rings. The lowest BCUT2D eigenvalue weighted by atomic mass is 9.98. The Hall–Kier alpha value is -6.26. The van der Waals surface area contributed by atoms with Gasteiger partial charge in [-0.2, -0.15) is 0 Å². The van der Waals surface area contributed by atoms with Crippen LogP contribution >= 0.6 is 0 Å².